The topological polar surface area (TPSA) is 125 Å². The van der Waals surface area contributed by atoms with Crippen molar-refractivity contribution in [2.24, 2.45) is 0 Å². The second-order valence-electron chi connectivity index (χ2n) is 5.94. The van der Waals surface area contributed by atoms with Gasteiger partial charge in [-0.25, -0.2) is 14.8 Å². The van der Waals surface area contributed by atoms with Crippen molar-refractivity contribution in [3.05, 3.63) is 47.9 Å². The Morgan fingerprint density at radius 1 is 1.41 bits per heavy atom. The lowest BCUT2D eigenvalue weighted by Gasteiger charge is -2.43. The average Bonchev–Trinajstić information content (AvgIpc) is 2.63. The van der Waals surface area contributed by atoms with Crippen LogP contribution in [-0.2, 0) is 0 Å². The second-order valence-corrected chi connectivity index (χ2v) is 5.94. The third-order valence-electron chi connectivity index (χ3n) is 4.29. The smallest absolute Gasteiger partial charge is 0.410 e. The van der Waals surface area contributed by atoms with Crippen LogP contribution in [0.2, 0.25) is 0 Å². The first kappa shape index (κ1) is 18.3. The Hall–Kier alpha value is -3.48. The Morgan fingerprint density at radius 2 is 2.15 bits per heavy atom. The third kappa shape index (κ3) is 3.44. The number of halogens is 2. The molecule has 1 aliphatic rings. The summed E-state index contributed by atoms with van der Waals surface area (Å²) in [6.07, 6.45) is -2.77. The van der Waals surface area contributed by atoms with E-state index in [1.807, 2.05) is 6.07 Å². The van der Waals surface area contributed by atoms with E-state index in [1.165, 1.54) is 24.3 Å². The number of nitriles is 1. The maximum absolute atomic E-state index is 15.3. The van der Waals surface area contributed by atoms with E-state index in [-0.39, 0.29) is 35.8 Å². The van der Waals surface area contributed by atoms with Crippen LogP contribution in [0.15, 0.2) is 36.7 Å². The first-order valence-corrected chi connectivity index (χ1v) is 7.95. The lowest BCUT2D eigenvalue weighted by Crippen LogP contribution is -2.60. The SMILES string of the molecule is N#Cc1ccccc1OC1N(C(=O)O)CCC(c2cc(N)ncn2)C1(F)F. The number of aromatic nitrogens is 2. The lowest BCUT2D eigenvalue weighted by molar-refractivity contribution is -0.188. The van der Waals surface area contributed by atoms with Gasteiger partial charge in [0.1, 0.15) is 24.0 Å². The van der Waals surface area contributed by atoms with E-state index in [2.05, 4.69) is 9.97 Å². The van der Waals surface area contributed by atoms with Crippen LogP contribution in [-0.4, -0.2) is 44.8 Å². The molecule has 0 radical (unpaired) electrons. The molecule has 1 aliphatic heterocycles. The number of carbonyl (C=O) groups is 1. The molecule has 1 saturated heterocycles. The van der Waals surface area contributed by atoms with Crippen LogP contribution in [0.3, 0.4) is 0 Å². The lowest BCUT2D eigenvalue weighted by atomic mass is 9.88. The number of nitrogens with zero attached hydrogens (tertiary/aromatic N) is 4. The van der Waals surface area contributed by atoms with Gasteiger partial charge in [-0.1, -0.05) is 12.1 Å². The molecule has 2 aromatic rings. The number of alkyl halides is 2. The van der Waals surface area contributed by atoms with Crippen molar-refractivity contribution < 1.29 is 23.4 Å². The fraction of sp³-hybridized carbons (Fsp3) is 0.294. The third-order valence-corrected chi connectivity index (χ3v) is 4.29. The molecule has 3 rings (SSSR count). The summed E-state index contributed by atoms with van der Waals surface area (Å²) < 4.78 is 35.9. The van der Waals surface area contributed by atoms with Crippen LogP contribution in [0.1, 0.15) is 23.6 Å². The van der Waals surface area contributed by atoms with Crippen molar-refractivity contribution in [2.45, 2.75) is 24.5 Å². The number of benzene rings is 1. The average molecular weight is 375 g/mol. The number of amides is 1. The number of hydrogen-bond acceptors (Lipinski definition) is 6. The zero-order valence-electron chi connectivity index (χ0n) is 13.9. The highest BCUT2D eigenvalue weighted by atomic mass is 19.3. The number of para-hydroxylation sites is 1. The van der Waals surface area contributed by atoms with Gasteiger partial charge in [0.15, 0.2) is 0 Å². The van der Waals surface area contributed by atoms with Crippen LogP contribution in [0.25, 0.3) is 0 Å². The minimum absolute atomic E-state index is 0.000271. The molecule has 10 heteroatoms. The molecular weight excluding hydrogens is 360 g/mol. The summed E-state index contributed by atoms with van der Waals surface area (Å²) in [6, 6.07) is 8.84. The molecule has 27 heavy (non-hydrogen) atoms. The Balaban J connectivity index is 2.01. The molecule has 1 fully saturated rings. The van der Waals surface area contributed by atoms with Gasteiger partial charge in [0.05, 0.1) is 17.2 Å². The van der Waals surface area contributed by atoms with Gasteiger partial charge >= 0.3 is 12.0 Å². The quantitative estimate of drug-likeness (QED) is 0.844. The van der Waals surface area contributed by atoms with Gasteiger partial charge in [0.25, 0.3) is 0 Å². The molecule has 2 heterocycles. The summed E-state index contributed by atoms with van der Waals surface area (Å²) in [7, 11) is 0. The van der Waals surface area contributed by atoms with E-state index >= 15 is 8.78 Å². The van der Waals surface area contributed by atoms with Crippen molar-refractivity contribution in [2.75, 3.05) is 12.3 Å². The molecule has 3 N–H and O–H groups in total. The van der Waals surface area contributed by atoms with E-state index in [1.54, 1.807) is 6.07 Å². The molecule has 1 amide bonds. The number of nitrogen functional groups attached to an aromatic ring is 1. The molecular formula is C17H15F2N5O3. The number of anilines is 1. The minimum atomic E-state index is -3.62. The number of piperidine rings is 1. The van der Waals surface area contributed by atoms with Gasteiger partial charge in [-0.15, -0.1) is 0 Å². The fourth-order valence-electron chi connectivity index (χ4n) is 3.00. The molecule has 2 unspecified atom stereocenters. The fourth-order valence-corrected chi connectivity index (χ4v) is 3.00. The number of carboxylic acid groups (broad SMARTS) is 1. The van der Waals surface area contributed by atoms with Gasteiger partial charge in [0.2, 0.25) is 6.23 Å². The standard InChI is InChI=1S/C17H15F2N5O3/c18-17(19)11(12-7-14(21)23-9-22-12)5-6-24(16(25)26)15(17)27-13-4-2-1-3-10(13)8-20/h1-4,7,9,11,15H,5-6H2,(H,25,26)(H2,21,22,23). The molecule has 140 valence electrons. The van der Waals surface area contributed by atoms with Crippen molar-refractivity contribution in [1.29, 1.82) is 5.26 Å². The van der Waals surface area contributed by atoms with Crippen molar-refractivity contribution in [3.8, 4) is 11.8 Å². The van der Waals surface area contributed by atoms with Crippen LogP contribution in [0.5, 0.6) is 5.75 Å². The largest absolute Gasteiger partial charge is 0.465 e. The maximum Gasteiger partial charge on any atom is 0.410 e. The second kappa shape index (κ2) is 7.03. The molecule has 0 bridgehead atoms. The summed E-state index contributed by atoms with van der Waals surface area (Å²) in [6.45, 7) is -0.196. The van der Waals surface area contributed by atoms with Crippen LogP contribution < -0.4 is 10.5 Å². The Kier molecular flexibility index (Phi) is 4.77. The number of rotatable bonds is 3. The summed E-state index contributed by atoms with van der Waals surface area (Å²) >= 11 is 0. The van der Waals surface area contributed by atoms with Crippen LogP contribution >= 0.6 is 0 Å². The Labute approximate surface area is 152 Å². The zero-order chi connectivity index (χ0) is 19.6. The first-order valence-electron chi connectivity index (χ1n) is 7.95. The van der Waals surface area contributed by atoms with E-state index in [0.29, 0.717) is 4.90 Å². The highest BCUT2D eigenvalue weighted by Gasteiger charge is 2.57. The molecule has 2 atom stereocenters. The molecule has 8 nitrogen and oxygen atoms in total. The van der Waals surface area contributed by atoms with Crippen LogP contribution in [0.4, 0.5) is 19.4 Å². The highest BCUT2D eigenvalue weighted by Crippen LogP contribution is 2.44. The minimum Gasteiger partial charge on any atom is -0.465 e. The summed E-state index contributed by atoms with van der Waals surface area (Å²) in [5.41, 5.74) is 5.58. The van der Waals surface area contributed by atoms with Crippen molar-refractivity contribution >= 4 is 11.9 Å². The predicted octanol–water partition coefficient (Wildman–Crippen LogP) is 2.44. The highest BCUT2D eigenvalue weighted by molar-refractivity contribution is 5.66. The van der Waals surface area contributed by atoms with Gasteiger partial charge in [-0.3, -0.25) is 4.90 Å². The van der Waals surface area contributed by atoms with Crippen molar-refractivity contribution in [3.63, 3.8) is 0 Å². The normalized spacial score (nSPS) is 21.3. The predicted molar refractivity (Wildman–Crippen MR) is 89.1 cm³/mol. The van der Waals surface area contributed by atoms with E-state index in [9.17, 15) is 9.90 Å². The summed E-state index contributed by atoms with van der Waals surface area (Å²) in [5.74, 6) is -5.14. The molecule has 0 saturated carbocycles. The van der Waals surface area contributed by atoms with Gasteiger partial charge in [0, 0.05) is 12.6 Å². The monoisotopic (exact) mass is 375 g/mol. The number of likely N-dealkylation sites (tertiary alicyclic amines) is 1. The summed E-state index contributed by atoms with van der Waals surface area (Å²) in [5, 5.41) is 18.5. The van der Waals surface area contributed by atoms with Gasteiger partial charge in [-0.05, 0) is 18.6 Å². The van der Waals surface area contributed by atoms with Gasteiger partial charge in [-0.2, -0.15) is 14.0 Å². The Morgan fingerprint density at radius 3 is 2.81 bits per heavy atom. The maximum atomic E-state index is 15.3. The summed E-state index contributed by atoms with van der Waals surface area (Å²) in [4.78, 5) is 19.6. The molecule has 0 aliphatic carbocycles. The zero-order valence-corrected chi connectivity index (χ0v) is 13.9. The number of hydrogen-bond donors (Lipinski definition) is 2. The number of nitrogens with two attached hydrogens (primary N) is 1. The van der Waals surface area contributed by atoms with E-state index in [0.717, 1.165) is 6.33 Å². The molecule has 0 spiro atoms. The van der Waals surface area contributed by atoms with Crippen molar-refractivity contribution in [1.82, 2.24) is 14.9 Å². The van der Waals surface area contributed by atoms with E-state index in [4.69, 9.17) is 15.7 Å². The first-order chi connectivity index (χ1) is 12.8. The molecule has 1 aromatic carbocycles. The Bertz CT molecular complexity index is 902. The van der Waals surface area contributed by atoms with Crippen LogP contribution in [0, 0.1) is 11.3 Å². The number of ether oxygens (including phenoxy) is 1. The van der Waals surface area contributed by atoms with E-state index < -0.39 is 24.2 Å². The molecule has 1 aromatic heterocycles. The van der Waals surface area contributed by atoms with Gasteiger partial charge < -0.3 is 15.6 Å².